The Morgan fingerprint density at radius 2 is 1.95 bits per heavy atom. The summed E-state index contributed by atoms with van der Waals surface area (Å²) >= 11 is 0. The van der Waals surface area contributed by atoms with Gasteiger partial charge in [0.2, 0.25) is 0 Å². The van der Waals surface area contributed by atoms with Gasteiger partial charge in [0.05, 0.1) is 11.3 Å². The molecular weight excluding hydrogens is 288 g/mol. The monoisotopic (exact) mass is 304 g/mol. The number of esters is 1. The second-order valence-electron chi connectivity index (χ2n) is 4.75. The highest BCUT2D eigenvalue weighted by Crippen LogP contribution is 2.28. The van der Waals surface area contributed by atoms with Crippen LogP contribution in [0.3, 0.4) is 0 Å². The van der Waals surface area contributed by atoms with Crippen LogP contribution in [-0.2, 0) is 19.1 Å². The normalized spacial score (nSPS) is 13.0. The van der Waals surface area contributed by atoms with Gasteiger partial charge in [-0.05, 0) is 18.6 Å². The van der Waals surface area contributed by atoms with Gasteiger partial charge in [0.1, 0.15) is 6.54 Å². The van der Waals surface area contributed by atoms with Crippen LogP contribution in [0.5, 0.6) is 0 Å². The molecule has 0 saturated carbocycles. The number of ketones is 1. The molecular formula is C15H16N2O5. The van der Waals surface area contributed by atoms with Gasteiger partial charge in [-0.25, -0.2) is 0 Å². The Hall–Kier alpha value is -2.70. The Bertz CT molecular complexity index is 626. The zero-order chi connectivity index (χ0) is 16.1. The summed E-state index contributed by atoms with van der Waals surface area (Å²) in [6.45, 7) is 1.60. The van der Waals surface area contributed by atoms with E-state index in [2.05, 4.69) is 5.32 Å². The van der Waals surface area contributed by atoms with Gasteiger partial charge >= 0.3 is 5.97 Å². The molecule has 0 atom stereocenters. The van der Waals surface area contributed by atoms with E-state index < -0.39 is 36.7 Å². The summed E-state index contributed by atoms with van der Waals surface area (Å²) < 4.78 is 4.81. The molecule has 0 fully saturated rings. The van der Waals surface area contributed by atoms with E-state index in [1.165, 1.54) is 6.07 Å². The zero-order valence-electron chi connectivity index (χ0n) is 12.1. The average molecular weight is 304 g/mol. The van der Waals surface area contributed by atoms with Crippen molar-refractivity contribution in [3.8, 4) is 0 Å². The number of carbonyl (C=O) groups excluding carboxylic acids is 4. The van der Waals surface area contributed by atoms with E-state index in [9.17, 15) is 19.2 Å². The van der Waals surface area contributed by atoms with Crippen LogP contribution in [0.4, 0.5) is 5.69 Å². The second-order valence-corrected chi connectivity index (χ2v) is 4.75. The summed E-state index contributed by atoms with van der Waals surface area (Å²) in [5.41, 5.74) is 0.644. The molecule has 7 heteroatoms. The number of hydrogen-bond donors (Lipinski definition) is 1. The first-order chi connectivity index (χ1) is 10.5. The molecule has 1 heterocycles. The van der Waals surface area contributed by atoms with Crippen LogP contribution in [0.1, 0.15) is 23.7 Å². The Balaban J connectivity index is 1.94. The van der Waals surface area contributed by atoms with Gasteiger partial charge in [-0.2, -0.15) is 0 Å². The molecule has 0 saturated heterocycles. The fourth-order valence-corrected chi connectivity index (χ4v) is 2.04. The van der Waals surface area contributed by atoms with E-state index in [0.29, 0.717) is 12.2 Å². The third kappa shape index (κ3) is 3.30. The van der Waals surface area contributed by atoms with Crippen LogP contribution in [0.2, 0.25) is 0 Å². The van der Waals surface area contributed by atoms with Crippen LogP contribution < -0.4 is 10.2 Å². The van der Waals surface area contributed by atoms with E-state index in [4.69, 9.17) is 4.74 Å². The molecule has 1 N–H and O–H groups in total. The molecule has 1 aliphatic rings. The highest BCUT2D eigenvalue weighted by Gasteiger charge is 2.36. The van der Waals surface area contributed by atoms with Crippen LogP contribution in [0, 0.1) is 0 Å². The molecule has 116 valence electrons. The Morgan fingerprint density at radius 1 is 1.23 bits per heavy atom. The molecule has 0 unspecified atom stereocenters. The van der Waals surface area contributed by atoms with Crippen molar-refractivity contribution in [3.05, 3.63) is 29.8 Å². The largest absolute Gasteiger partial charge is 0.454 e. The highest BCUT2D eigenvalue weighted by atomic mass is 16.5. The predicted octanol–water partition coefficient (Wildman–Crippen LogP) is 0.285. The number of benzene rings is 1. The molecule has 0 spiro atoms. The van der Waals surface area contributed by atoms with Gasteiger partial charge in [0.25, 0.3) is 17.6 Å². The fourth-order valence-electron chi connectivity index (χ4n) is 2.04. The van der Waals surface area contributed by atoms with Crippen molar-refractivity contribution in [1.29, 1.82) is 0 Å². The van der Waals surface area contributed by atoms with Crippen molar-refractivity contribution in [1.82, 2.24) is 5.32 Å². The predicted molar refractivity (Wildman–Crippen MR) is 77.4 cm³/mol. The maximum atomic E-state index is 11.9. The minimum atomic E-state index is -0.770. The summed E-state index contributed by atoms with van der Waals surface area (Å²) in [4.78, 5) is 47.8. The second kappa shape index (κ2) is 6.84. The average Bonchev–Trinajstić information content (AvgIpc) is 2.76. The first-order valence-electron chi connectivity index (χ1n) is 6.92. The molecule has 2 amide bonds. The molecule has 7 nitrogen and oxygen atoms in total. The smallest absolute Gasteiger partial charge is 0.326 e. The minimum Gasteiger partial charge on any atom is -0.454 e. The number of anilines is 1. The molecule has 0 radical (unpaired) electrons. The number of Topliss-reactive ketones (excluding diaryl/α,β-unsaturated/α-hetero) is 1. The van der Waals surface area contributed by atoms with Gasteiger partial charge in [0.15, 0.2) is 6.61 Å². The van der Waals surface area contributed by atoms with Gasteiger partial charge in [-0.1, -0.05) is 19.1 Å². The Kier molecular flexibility index (Phi) is 4.88. The van der Waals surface area contributed by atoms with Gasteiger partial charge < -0.3 is 10.1 Å². The number of para-hydroxylation sites is 1. The van der Waals surface area contributed by atoms with Crippen molar-refractivity contribution < 1.29 is 23.9 Å². The first kappa shape index (κ1) is 15.7. The van der Waals surface area contributed by atoms with Crippen molar-refractivity contribution in [2.75, 3.05) is 24.6 Å². The van der Waals surface area contributed by atoms with Crippen molar-refractivity contribution in [3.63, 3.8) is 0 Å². The summed E-state index contributed by atoms with van der Waals surface area (Å²) in [6, 6.07) is 6.42. The number of nitrogens with one attached hydrogen (secondary N) is 1. The van der Waals surface area contributed by atoms with Gasteiger partial charge in [-0.15, -0.1) is 0 Å². The van der Waals surface area contributed by atoms with E-state index in [-0.39, 0.29) is 5.56 Å². The number of nitrogens with zero attached hydrogens (tertiary/aromatic N) is 1. The standard InChI is InChI=1S/C15H16N2O5/c1-2-7-16-12(18)9-22-13(19)8-17-11-6-4-3-5-10(11)14(20)15(17)21/h3-6H,2,7-9H2,1H3,(H,16,18). The summed E-state index contributed by atoms with van der Waals surface area (Å²) in [6.07, 6.45) is 0.779. The maximum absolute atomic E-state index is 11.9. The van der Waals surface area contributed by atoms with Crippen LogP contribution >= 0.6 is 0 Å². The molecule has 0 aliphatic carbocycles. The number of rotatable bonds is 6. The molecule has 1 aliphatic heterocycles. The zero-order valence-corrected chi connectivity index (χ0v) is 12.1. The maximum Gasteiger partial charge on any atom is 0.326 e. The van der Waals surface area contributed by atoms with E-state index >= 15 is 0 Å². The lowest BCUT2D eigenvalue weighted by Gasteiger charge is -2.15. The summed E-state index contributed by atoms with van der Waals surface area (Å²) in [7, 11) is 0. The summed E-state index contributed by atoms with van der Waals surface area (Å²) in [5.74, 6) is -2.57. The third-order valence-corrected chi connectivity index (χ3v) is 3.10. The van der Waals surface area contributed by atoms with Gasteiger partial charge in [0, 0.05) is 6.54 Å². The van der Waals surface area contributed by atoms with Crippen LogP contribution in [0.25, 0.3) is 0 Å². The first-order valence-corrected chi connectivity index (χ1v) is 6.92. The van der Waals surface area contributed by atoms with Crippen LogP contribution in [0.15, 0.2) is 24.3 Å². The molecule has 0 aromatic heterocycles. The van der Waals surface area contributed by atoms with Crippen molar-refractivity contribution >= 4 is 29.3 Å². The Morgan fingerprint density at radius 3 is 2.68 bits per heavy atom. The van der Waals surface area contributed by atoms with E-state index in [1.54, 1.807) is 18.2 Å². The fraction of sp³-hybridized carbons (Fsp3) is 0.333. The van der Waals surface area contributed by atoms with Gasteiger partial charge in [-0.3, -0.25) is 24.1 Å². The number of amides is 2. The molecule has 0 bridgehead atoms. The van der Waals surface area contributed by atoms with Crippen molar-refractivity contribution in [2.24, 2.45) is 0 Å². The molecule has 22 heavy (non-hydrogen) atoms. The number of fused-ring (bicyclic) bond motifs is 1. The summed E-state index contributed by atoms with van der Waals surface area (Å²) in [5, 5.41) is 2.56. The number of ether oxygens (including phenoxy) is 1. The lowest BCUT2D eigenvalue weighted by atomic mass is 10.1. The third-order valence-electron chi connectivity index (χ3n) is 3.10. The molecule has 1 aromatic carbocycles. The Labute approximate surface area is 127 Å². The lowest BCUT2D eigenvalue weighted by molar-refractivity contribution is -0.147. The van der Waals surface area contributed by atoms with E-state index in [0.717, 1.165) is 11.3 Å². The van der Waals surface area contributed by atoms with Crippen molar-refractivity contribution in [2.45, 2.75) is 13.3 Å². The number of hydrogen-bond acceptors (Lipinski definition) is 5. The van der Waals surface area contributed by atoms with Crippen LogP contribution in [-0.4, -0.2) is 43.3 Å². The lowest BCUT2D eigenvalue weighted by Crippen LogP contribution is -2.37. The van der Waals surface area contributed by atoms with E-state index in [1.807, 2.05) is 6.92 Å². The topological polar surface area (TPSA) is 92.8 Å². The quantitative estimate of drug-likeness (QED) is 0.602. The molecule has 1 aromatic rings. The highest BCUT2D eigenvalue weighted by molar-refractivity contribution is 6.52. The molecule has 2 rings (SSSR count). The minimum absolute atomic E-state index is 0.265. The SMILES string of the molecule is CCCNC(=O)COC(=O)CN1C(=O)C(=O)c2ccccc21. The number of carbonyl (C=O) groups is 4.